The van der Waals surface area contributed by atoms with Crippen LogP contribution in [0.5, 0.6) is 0 Å². The van der Waals surface area contributed by atoms with Gasteiger partial charge in [-0.2, -0.15) is 5.10 Å². The number of nitrogens with one attached hydrogen (secondary N) is 3. The van der Waals surface area contributed by atoms with Crippen LogP contribution in [0, 0.1) is 11.7 Å². The van der Waals surface area contributed by atoms with Crippen molar-refractivity contribution >= 4 is 33.5 Å². The van der Waals surface area contributed by atoms with Crippen LogP contribution in [0.1, 0.15) is 12.8 Å². The maximum absolute atomic E-state index is 14.5. The predicted molar refractivity (Wildman–Crippen MR) is 139 cm³/mol. The number of H-pyrrole nitrogens is 2. The van der Waals surface area contributed by atoms with Crippen molar-refractivity contribution < 1.29 is 9.18 Å². The number of hydrogen-bond donors (Lipinski definition) is 3. The van der Waals surface area contributed by atoms with Crippen molar-refractivity contribution in [1.82, 2.24) is 30.1 Å². The zero-order valence-electron chi connectivity index (χ0n) is 19.5. The van der Waals surface area contributed by atoms with Gasteiger partial charge in [-0.25, -0.2) is 9.37 Å². The molecule has 0 spiro atoms. The van der Waals surface area contributed by atoms with E-state index in [2.05, 4.69) is 30.5 Å². The molecule has 0 bridgehead atoms. The number of imidazole rings is 1. The lowest BCUT2D eigenvalue weighted by Gasteiger charge is -2.07. The molecule has 0 atom stereocenters. The molecule has 3 N–H and O–H groups in total. The number of halogens is 1. The first-order valence-corrected chi connectivity index (χ1v) is 12.0. The fraction of sp³-hybridized carbons (Fsp3) is 0.107. The predicted octanol–water partition coefficient (Wildman–Crippen LogP) is 5.72. The molecule has 0 saturated heterocycles. The smallest absolute Gasteiger partial charge is 0.227 e. The van der Waals surface area contributed by atoms with E-state index >= 15 is 0 Å². The maximum atomic E-state index is 14.5. The highest BCUT2D eigenvalue weighted by molar-refractivity contribution is 5.98. The van der Waals surface area contributed by atoms with Gasteiger partial charge in [-0.15, -0.1) is 0 Å². The van der Waals surface area contributed by atoms with E-state index in [-0.39, 0.29) is 17.6 Å². The highest BCUT2D eigenvalue weighted by atomic mass is 19.1. The Morgan fingerprint density at radius 2 is 1.86 bits per heavy atom. The monoisotopic (exact) mass is 489 g/mol. The number of amides is 1. The van der Waals surface area contributed by atoms with Crippen LogP contribution in [-0.4, -0.2) is 36.0 Å². The zero-order chi connectivity index (χ0) is 24.9. The van der Waals surface area contributed by atoms with Gasteiger partial charge in [0.05, 0.1) is 22.9 Å². The molecular formula is C28H20FN7O. The minimum absolute atomic E-state index is 0.0423. The molecule has 180 valence electrons. The molecule has 9 heteroatoms. The molecular weight excluding hydrogens is 469 g/mol. The molecule has 8 nitrogen and oxygen atoms in total. The van der Waals surface area contributed by atoms with Gasteiger partial charge in [-0.1, -0.05) is 18.2 Å². The Balaban J connectivity index is 1.29. The Bertz CT molecular complexity index is 1820. The largest absolute Gasteiger partial charge is 0.336 e. The average molecular weight is 490 g/mol. The lowest BCUT2D eigenvalue weighted by Crippen LogP contribution is -2.13. The Morgan fingerprint density at radius 1 is 0.973 bits per heavy atom. The number of hydrogen-bond acceptors (Lipinski definition) is 5. The maximum Gasteiger partial charge on any atom is 0.227 e. The standard InChI is InChI=1S/C28H20FN7O/c29-21-4-2-1-3-19(21)24-26-23(9-10-31-24)33-27(34-26)25-20-12-16(7-8-22(20)35-36-25)17-11-18(14-30-13-17)32-28(37)15-5-6-15/h1-4,7-15H,5-6H2,(H,32,37)(H,33,34)(H,35,36). The summed E-state index contributed by atoms with van der Waals surface area (Å²) in [6.07, 6.45) is 6.94. The fourth-order valence-electron chi connectivity index (χ4n) is 4.53. The van der Waals surface area contributed by atoms with E-state index in [4.69, 9.17) is 4.98 Å². The van der Waals surface area contributed by atoms with Gasteiger partial charge in [0, 0.05) is 34.8 Å². The van der Waals surface area contributed by atoms with Crippen molar-refractivity contribution in [2.45, 2.75) is 12.8 Å². The van der Waals surface area contributed by atoms with E-state index < -0.39 is 0 Å². The molecule has 0 unspecified atom stereocenters. The molecule has 0 aliphatic heterocycles. The molecule has 1 aliphatic rings. The number of nitrogens with zero attached hydrogens (tertiary/aromatic N) is 4. The number of benzene rings is 2. The van der Waals surface area contributed by atoms with Crippen LogP contribution in [0.25, 0.3) is 55.8 Å². The first-order valence-electron chi connectivity index (χ1n) is 12.0. The second kappa shape index (κ2) is 8.34. The van der Waals surface area contributed by atoms with Crippen molar-refractivity contribution in [2.75, 3.05) is 5.32 Å². The van der Waals surface area contributed by atoms with E-state index in [9.17, 15) is 9.18 Å². The van der Waals surface area contributed by atoms with Crippen LogP contribution in [0.3, 0.4) is 0 Å². The number of pyridine rings is 2. The van der Waals surface area contributed by atoms with Crippen LogP contribution in [0.2, 0.25) is 0 Å². The fourth-order valence-corrected chi connectivity index (χ4v) is 4.53. The summed E-state index contributed by atoms with van der Waals surface area (Å²) >= 11 is 0. The Labute approximate surface area is 210 Å². The van der Waals surface area contributed by atoms with Crippen LogP contribution in [0.15, 0.2) is 73.2 Å². The third-order valence-corrected chi connectivity index (χ3v) is 6.60. The summed E-state index contributed by atoms with van der Waals surface area (Å²) in [4.78, 5) is 29.0. The quantitative estimate of drug-likeness (QED) is 0.287. The summed E-state index contributed by atoms with van der Waals surface area (Å²) in [7, 11) is 0. The van der Waals surface area contributed by atoms with Gasteiger partial charge >= 0.3 is 0 Å². The summed E-state index contributed by atoms with van der Waals surface area (Å²) in [5.74, 6) is 0.352. The Kier molecular flexibility index (Phi) is 4.81. The summed E-state index contributed by atoms with van der Waals surface area (Å²) in [6, 6.07) is 16.2. The molecule has 1 amide bonds. The molecule has 0 radical (unpaired) electrons. The van der Waals surface area contributed by atoms with Crippen LogP contribution in [0.4, 0.5) is 10.1 Å². The number of fused-ring (bicyclic) bond motifs is 2. The minimum atomic E-state index is -0.355. The molecule has 1 fully saturated rings. The SMILES string of the molecule is O=C(Nc1cncc(-c2ccc3[nH]nc(-c4nc5c(-c6ccccc6F)nccc5[nH]4)c3c2)c1)C1CC1. The second-order valence-corrected chi connectivity index (χ2v) is 9.18. The minimum Gasteiger partial charge on any atom is -0.336 e. The highest BCUT2D eigenvalue weighted by Gasteiger charge is 2.29. The molecule has 4 heterocycles. The van der Waals surface area contributed by atoms with Gasteiger partial charge < -0.3 is 10.3 Å². The van der Waals surface area contributed by atoms with E-state index in [1.165, 1.54) is 6.07 Å². The summed E-state index contributed by atoms with van der Waals surface area (Å²) in [5, 5.41) is 11.4. The van der Waals surface area contributed by atoms with E-state index in [1.54, 1.807) is 36.8 Å². The number of rotatable bonds is 5. The third kappa shape index (κ3) is 3.81. The summed E-state index contributed by atoms with van der Waals surface area (Å²) in [5.41, 5.74) is 6.12. The number of carbonyl (C=O) groups excluding carboxylic acids is 1. The molecule has 4 aromatic heterocycles. The average Bonchev–Trinajstić information content (AvgIpc) is 3.55. The Hall–Kier alpha value is -4.92. The first kappa shape index (κ1) is 21.4. The normalized spacial score (nSPS) is 13.3. The lowest BCUT2D eigenvalue weighted by atomic mass is 10.0. The van der Waals surface area contributed by atoms with Crippen molar-refractivity contribution in [2.24, 2.45) is 5.92 Å². The number of aromatic nitrogens is 6. The van der Waals surface area contributed by atoms with Gasteiger partial charge in [-0.05, 0) is 54.8 Å². The van der Waals surface area contributed by atoms with Crippen molar-refractivity contribution in [3.8, 4) is 33.9 Å². The lowest BCUT2D eigenvalue weighted by molar-refractivity contribution is -0.117. The van der Waals surface area contributed by atoms with E-state index in [0.717, 1.165) is 40.4 Å². The number of aromatic amines is 2. The highest BCUT2D eigenvalue weighted by Crippen LogP contribution is 2.34. The van der Waals surface area contributed by atoms with Gasteiger partial charge in [0.25, 0.3) is 0 Å². The van der Waals surface area contributed by atoms with Gasteiger partial charge in [0.15, 0.2) is 5.82 Å². The Morgan fingerprint density at radius 3 is 2.73 bits per heavy atom. The topological polar surface area (TPSA) is 112 Å². The summed E-state index contributed by atoms with van der Waals surface area (Å²) in [6.45, 7) is 0. The molecule has 2 aromatic carbocycles. The zero-order valence-corrected chi connectivity index (χ0v) is 19.5. The van der Waals surface area contributed by atoms with Crippen LogP contribution in [-0.2, 0) is 4.79 Å². The van der Waals surface area contributed by atoms with E-state index in [0.29, 0.717) is 34.0 Å². The number of carbonyl (C=O) groups is 1. The van der Waals surface area contributed by atoms with Crippen molar-refractivity contribution in [1.29, 1.82) is 0 Å². The molecule has 1 saturated carbocycles. The number of anilines is 1. The van der Waals surface area contributed by atoms with E-state index in [1.807, 2.05) is 30.3 Å². The molecule has 6 aromatic rings. The third-order valence-electron chi connectivity index (χ3n) is 6.60. The molecule has 1 aliphatic carbocycles. The first-order chi connectivity index (χ1) is 18.1. The van der Waals surface area contributed by atoms with Crippen molar-refractivity contribution in [3.63, 3.8) is 0 Å². The molecule has 37 heavy (non-hydrogen) atoms. The summed E-state index contributed by atoms with van der Waals surface area (Å²) < 4.78 is 14.5. The van der Waals surface area contributed by atoms with Crippen LogP contribution < -0.4 is 5.32 Å². The van der Waals surface area contributed by atoms with Gasteiger partial charge in [0.1, 0.15) is 22.7 Å². The second-order valence-electron chi connectivity index (χ2n) is 9.18. The van der Waals surface area contributed by atoms with Crippen LogP contribution >= 0.6 is 0 Å². The molecule has 7 rings (SSSR count). The van der Waals surface area contributed by atoms with Crippen molar-refractivity contribution in [3.05, 3.63) is 79.0 Å². The van der Waals surface area contributed by atoms with Gasteiger partial charge in [0.2, 0.25) is 5.91 Å². The van der Waals surface area contributed by atoms with Gasteiger partial charge in [-0.3, -0.25) is 19.9 Å².